The van der Waals surface area contributed by atoms with Crippen LogP contribution < -0.4 is 9.47 Å². The quantitative estimate of drug-likeness (QED) is 0.573. The van der Waals surface area contributed by atoms with Gasteiger partial charge in [0.1, 0.15) is 11.5 Å². The third kappa shape index (κ3) is 4.76. The molecular weight excluding hydrogens is 364 g/mol. The van der Waals surface area contributed by atoms with Crippen LogP contribution in [0.3, 0.4) is 0 Å². The van der Waals surface area contributed by atoms with Crippen molar-refractivity contribution in [2.45, 2.75) is 33.1 Å². The van der Waals surface area contributed by atoms with Gasteiger partial charge in [0.2, 0.25) is 0 Å². The van der Waals surface area contributed by atoms with E-state index in [4.69, 9.17) is 18.9 Å². The third-order valence-electron chi connectivity index (χ3n) is 6.43. The number of ether oxygens (including phenoxy) is 4. The Bertz CT molecular complexity index is 729. The fraction of sp³-hybridized carbons (Fsp3) is 0.520. The zero-order valence-corrected chi connectivity index (χ0v) is 17.6. The lowest BCUT2D eigenvalue weighted by Crippen LogP contribution is -2.46. The first-order chi connectivity index (χ1) is 14.1. The molecule has 0 bridgehead atoms. The maximum Gasteiger partial charge on any atom is 0.119 e. The first-order valence-corrected chi connectivity index (χ1v) is 10.7. The van der Waals surface area contributed by atoms with E-state index in [-0.39, 0.29) is 10.8 Å². The molecule has 2 saturated heterocycles. The summed E-state index contributed by atoms with van der Waals surface area (Å²) in [6, 6.07) is 16.8. The second-order valence-corrected chi connectivity index (χ2v) is 8.74. The van der Waals surface area contributed by atoms with Crippen molar-refractivity contribution >= 4 is 0 Å². The summed E-state index contributed by atoms with van der Waals surface area (Å²) in [6.45, 7) is 9.08. The summed E-state index contributed by atoms with van der Waals surface area (Å²) in [5.41, 5.74) is 2.88. The molecule has 0 aliphatic carbocycles. The van der Waals surface area contributed by atoms with Crippen LogP contribution in [0.4, 0.5) is 0 Å². The van der Waals surface area contributed by atoms with Gasteiger partial charge < -0.3 is 18.9 Å². The summed E-state index contributed by atoms with van der Waals surface area (Å²) in [5.74, 6) is 1.87. The Hall–Kier alpha value is -2.04. The molecule has 0 unspecified atom stereocenters. The lowest BCUT2D eigenvalue weighted by Gasteiger charge is -2.40. The first kappa shape index (κ1) is 20.2. The predicted octanol–water partition coefficient (Wildman–Crippen LogP) is 4.89. The fourth-order valence-corrected chi connectivity index (χ4v) is 3.76. The van der Waals surface area contributed by atoms with Crippen LogP contribution in [0.15, 0.2) is 48.5 Å². The summed E-state index contributed by atoms with van der Waals surface area (Å²) in [6.07, 6.45) is 3.04. The molecule has 4 heteroatoms. The third-order valence-corrected chi connectivity index (χ3v) is 6.43. The molecule has 29 heavy (non-hydrogen) atoms. The Labute approximate surface area is 174 Å². The molecule has 2 aromatic rings. The highest BCUT2D eigenvalue weighted by Gasteiger charge is 2.38. The number of hydrogen-bond donors (Lipinski definition) is 0. The standard InChI is InChI=1S/C25H32O4/c1-3-24(14-26-15-24)18-28-22-9-5-7-20(12-22)11-21-8-6-10-23(13-21)29-19-25(4-2)16-27-17-25/h5-10,12-13H,3-4,11,14-19H2,1-2H3. The van der Waals surface area contributed by atoms with E-state index in [0.29, 0.717) is 0 Å². The van der Waals surface area contributed by atoms with Gasteiger partial charge in [-0.1, -0.05) is 38.1 Å². The highest BCUT2D eigenvalue weighted by atomic mass is 16.5. The average molecular weight is 397 g/mol. The van der Waals surface area contributed by atoms with Gasteiger partial charge in [0, 0.05) is 0 Å². The van der Waals surface area contributed by atoms with Crippen LogP contribution in [-0.4, -0.2) is 39.6 Å². The van der Waals surface area contributed by atoms with E-state index in [0.717, 1.165) is 70.4 Å². The molecule has 4 nitrogen and oxygen atoms in total. The Kier molecular flexibility index (Phi) is 6.12. The van der Waals surface area contributed by atoms with Gasteiger partial charge in [-0.15, -0.1) is 0 Å². The molecule has 2 aromatic carbocycles. The van der Waals surface area contributed by atoms with E-state index in [9.17, 15) is 0 Å². The monoisotopic (exact) mass is 396 g/mol. The molecule has 0 N–H and O–H groups in total. The minimum atomic E-state index is 0.197. The normalized spacial score (nSPS) is 19.1. The Morgan fingerprint density at radius 1 is 0.724 bits per heavy atom. The fourth-order valence-electron chi connectivity index (χ4n) is 3.76. The van der Waals surface area contributed by atoms with Crippen molar-refractivity contribution < 1.29 is 18.9 Å². The van der Waals surface area contributed by atoms with Crippen LogP contribution in [0, 0.1) is 10.8 Å². The van der Waals surface area contributed by atoms with Crippen molar-refractivity contribution in [3.05, 3.63) is 59.7 Å². The van der Waals surface area contributed by atoms with Crippen LogP contribution in [0.5, 0.6) is 11.5 Å². The molecule has 0 amide bonds. The maximum atomic E-state index is 6.10. The van der Waals surface area contributed by atoms with Crippen LogP contribution in [-0.2, 0) is 15.9 Å². The molecule has 0 atom stereocenters. The summed E-state index contributed by atoms with van der Waals surface area (Å²) < 4.78 is 23.0. The van der Waals surface area contributed by atoms with Crippen LogP contribution >= 0.6 is 0 Å². The second-order valence-electron chi connectivity index (χ2n) is 8.74. The van der Waals surface area contributed by atoms with Crippen LogP contribution in [0.25, 0.3) is 0 Å². The van der Waals surface area contributed by atoms with Gasteiger partial charge in [-0.25, -0.2) is 0 Å². The van der Waals surface area contributed by atoms with Crippen LogP contribution in [0.2, 0.25) is 0 Å². The molecule has 156 valence electrons. The number of hydrogen-bond acceptors (Lipinski definition) is 4. The van der Waals surface area contributed by atoms with Gasteiger partial charge in [0.05, 0.1) is 50.5 Å². The van der Waals surface area contributed by atoms with Gasteiger partial charge in [-0.2, -0.15) is 0 Å². The minimum Gasteiger partial charge on any atom is -0.493 e. The summed E-state index contributed by atoms with van der Waals surface area (Å²) in [4.78, 5) is 0. The largest absolute Gasteiger partial charge is 0.493 e. The Morgan fingerprint density at radius 2 is 1.17 bits per heavy atom. The molecule has 2 aliphatic rings. The Morgan fingerprint density at radius 3 is 1.52 bits per heavy atom. The van der Waals surface area contributed by atoms with Crippen molar-refractivity contribution in [3.63, 3.8) is 0 Å². The van der Waals surface area contributed by atoms with E-state index in [1.54, 1.807) is 0 Å². The molecule has 2 fully saturated rings. The van der Waals surface area contributed by atoms with E-state index >= 15 is 0 Å². The Balaban J connectivity index is 1.35. The lowest BCUT2D eigenvalue weighted by atomic mass is 9.84. The van der Waals surface area contributed by atoms with Gasteiger partial charge in [-0.3, -0.25) is 0 Å². The van der Waals surface area contributed by atoms with Crippen LogP contribution in [0.1, 0.15) is 37.8 Å². The summed E-state index contributed by atoms with van der Waals surface area (Å²) in [7, 11) is 0. The molecule has 4 rings (SSSR count). The zero-order valence-electron chi connectivity index (χ0n) is 17.6. The lowest BCUT2D eigenvalue weighted by molar-refractivity contribution is -0.133. The minimum absolute atomic E-state index is 0.197. The van der Waals surface area contributed by atoms with Gasteiger partial charge >= 0.3 is 0 Å². The summed E-state index contributed by atoms with van der Waals surface area (Å²) in [5, 5.41) is 0. The molecule has 0 saturated carbocycles. The zero-order chi connectivity index (χ0) is 20.2. The predicted molar refractivity (Wildman–Crippen MR) is 114 cm³/mol. The number of rotatable bonds is 10. The van der Waals surface area contributed by atoms with Crippen molar-refractivity contribution in [2.75, 3.05) is 39.6 Å². The van der Waals surface area contributed by atoms with Crippen molar-refractivity contribution in [2.24, 2.45) is 10.8 Å². The molecule has 0 radical (unpaired) electrons. The average Bonchev–Trinajstić information content (AvgIpc) is 2.68. The van der Waals surface area contributed by atoms with E-state index in [1.807, 2.05) is 12.1 Å². The number of benzene rings is 2. The van der Waals surface area contributed by atoms with E-state index in [2.05, 4.69) is 50.2 Å². The van der Waals surface area contributed by atoms with Gasteiger partial charge in [0.15, 0.2) is 0 Å². The first-order valence-electron chi connectivity index (χ1n) is 10.7. The highest BCUT2D eigenvalue weighted by Crippen LogP contribution is 2.33. The van der Waals surface area contributed by atoms with Crippen molar-refractivity contribution in [1.82, 2.24) is 0 Å². The van der Waals surface area contributed by atoms with Gasteiger partial charge in [-0.05, 0) is 54.7 Å². The SMILES string of the molecule is CCC1(COc2cccc(Cc3cccc(OCC4(CC)COC4)c3)c2)COC1. The van der Waals surface area contributed by atoms with Crippen molar-refractivity contribution in [1.29, 1.82) is 0 Å². The molecular formula is C25H32O4. The maximum absolute atomic E-state index is 6.10. The van der Waals surface area contributed by atoms with Gasteiger partial charge in [0.25, 0.3) is 0 Å². The van der Waals surface area contributed by atoms with E-state index in [1.165, 1.54) is 11.1 Å². The molecule has 0 spiro atoms. The smallest absolute Gasteiger partial charge is 0.119 e. The molecule has 2 heterocycles. The van der Waals surface area contributed by atoms with E-state index < -0.39 is 0 Å². The molecule has 0 aromatic heterocycles. The summed E-state index contributed by atoms with van der Waals surface area (Å²) >= 11 is 0. The van der Waals surface area contributed by atoms with Crippen molar-refractivity contribution in [3.8, 4) is 11.5 Å². The second kappa shape index (κ2) is 8.76. The topological polar surface area (TPSA) is 36.9 Å². The molecule has 2 aliphatic heterocycles. The highest BCUT2D eigenvalue weighted by molar-refractivity contribution is 5.36.